The van der Waals surface area contributed by atoms with E-state index in [0.717, 1.165) is 31.9 Å². The predicted octanol–water partition coefficient (Wildman–Crippen LogP) is 0.513. The summed E-state index contributed by atoms with van der Waals surface area (Å²) in [5.74, 6) is 0. The molecule has 0 aromatic heterocycles. The maximum absolute atomic E-state index is 5.58. The maximum atomic E-state index is 5.58. The smallest absolute Gasteiger partial charge is 0.0705 e. The van der Waals surface area contributed by atoms with Gasteiger partial charge in [-0.15, -0.1) is 0 Å². The summed E-state index contributed by atoms with van der Waals surface area (Å²) in [7, 11) is 1.77. The van der Waals surface area contributed by atoms with Crippen LogP contribution < -0.4 is 5.73 Å². The van der Waals surface area contributed by atoms with Crippen molar-refractivity contribution in [3.8, 4) is 0 Å². The molecule has 0 aliphatic carbocycles. The lowest BCUT2D eigenvalue weighted by atomic mass is 10.2. The summed E-state index contributed by atoms with van der Waals surface area (Å²) in [5, 5.41) is 0. The molecule has 86 valence electrons. The molecule has 1 fully saturated rings. The molecule has 0 aromatic carbocycles. The van der Waals surface area contributed by atoms with Crippen molar-refractivity contribution in [3.05, 3.63) is 11.9 Å². The van der Waals surface area contributed by atoms with Gasteiger partial charge in [0.2, 0.25) is 0 Å². The molecule has 4 heteroatoms. The molecule has 4 nitrogen and oxygen atoms in total. The summed E-state index contributed by atoms with van der Waals surface area (Å²) in [5.41, 5.74) is 6.60. The Labute approximate surface area is 92.4 Å². The normalized spacial score (nSPS) is 20.5. The highest BCUT2D eigenvalue weighted by atomic mass is 15.3. The fourth-order valence-corrected chi connectivity index (χ4v) is 1.86. The van der Waals surface area contributed by atoms with E-state index in [2.05, 4.69) is 28.6 Å². The number of allylic oxidation sites excluding steroid dienone is 1. The van der Waals surface area contributed by atoms with Crippen LogP contribution in [0.5, 0.6) is 0 Å². The van der Waals surface area contributed by atoms with Crippen molar-refractivity contribution in [2.75, 3.05) is 33.2 Å². The van der Waals surface area contributed by atoms with Gasteiger partial charge < -0.3 is 10.6 Å². The maximum Gasteiger partial charge on any atom is 0.0705 e. The molecular formula is C11H22N4. The number of rotatable bonds is 3. The predicted molar refractivity (Wildman–Crippen MR) is 65.0 cm³/mol. The zero-order valence-electron chi connectivity index (χ0n) is 9.98. The second kappa shape index (κ2) is 5.75. The van der Waals surface area contributed by atoms with E-state index in [1.165, 1.54) is 0 Å². The van der Waals surface area contributed by atoms with Gasteiger partial charge in [0.15, 0.2) is 0 Å². The summed E-state index contributed by atoms with van der Waals surface area (Å²) in [6.07, 6.45) is 3.46. The van der Waals surface area contributed by atoms with Crippen LogP contribution >= 0.6 is 0 Å². The molecule has 1 heterocycles. The molecular weight excluding hydrogens is 188 g/mol. The minimum absolute atomic E-state index is 0.636. The Morgan fingerprint density at radius 3 is 2.27 bits per heavy atom. The van der Waals surface area contributed by atoms with E-state index in [0.29, 0.717) is 6.04 Å². The Morgan fingerprint density at radius 1 is 1.27 bits per heavy atom. The van der Waals surface area contributed by atoms with Gasteiger partial charge in [-0.1, -0.05) is 0 Å². The molecule has 1 aliphatic heterocycles. The molecule has 15 heavy (non-hydrogen) atoms. The SMILES string of the molecule is CN=CC(=CN)N1CCN(C(C)C)CC1. The second-order valence-corrected chi connectivity index (χ2v) is 4.10. The zero-order valence-corrected chi connectivity index (χ0v) is 9.98. The fraction of sp³-hybridized carbons (Fsp3) is 0.727. The molecule has 0 radical (unpaired) electrons. The lowest BCUT2D eigenvalue weighted by molar-refractivity contribution is 0.134. The van der Waals surface area contributed by atoms with Crippen molar-refractivity contribution in [1.29, 1.82) is 0 Å². The van der Waals surface area contributed by atoms with Crippen LogP contribution in [0.15, 0.2) is 16.9 Å². The molecule has 0 spiro atoms. The number of piperazine rings is 1. The van der Waals surface area contributed by atoms with E-state index in [1.54, 1.807) is 13.2 Å². The van der Waals surface area contributed by atoms with E-state index in [-0.39, 0.29) is 0 Å². The standard InChI is InChI=1S/C11H22N4/c1-10(2)14-4-6-15(7-5-14)11(8-12)9-13-3/h8-10H,4-7,12H2,1-3H3. The van der Waals surface area contributed by atoms with Gasteiger partial charge in [-0.2, -0.15) is 0 Å². The first-order valence-electron chi connectivity index (χ1n) is 5.52. The molecule has 2 N–H and O–H groups in total. The van der Waals surface area contributed by atoms with Crippen LogP contribution in [0.1, 0.15) is 13.8 Å². The first-order chi connectivity index (χ1) is 7.19. The van der Waals surface area contributed by atoms with E-state index >= 15 is 0 Å². The average Bonchev–Trinajstić information content (AvgIpc) is 2.26. The second-order valence-electron chi connectivity index (χ2n) is 4.10. The van der Waals surface area contributed by atoms with E-state index in [4.69, 9.17) is 5.73 Å². The van der Waals surface area contributed by atoms with Crippen LogP contribution in [-0.2, 0) is 0 Å². The number of hydrogen-bond acceptors (Lipinski definition) is 4. The molecule has 1 saturated heterocycles. The van der Waals surface area contributed by atoms with E-state index in [1.807, 2.05) is 6.21 Å². The number of nitrogens with zero attached hydrogens (tertiary/aromatic N) is 3. The minimum Gasteiger partial charge on any atom is -0.403 e. The van der Waals surface area contributed by atoms with Crippen LogP contribution in [0.3, 0.4) is 0 Å². The highest BCUT2D eigenvalue weighted by Gasteiger charge is 2.19. The number of nitrogens with two attached hydrogens (primary N) is 1. The Bertz CT molecular complexity index is 237. The summed E-state index contributed by atoms with van der Waals surface area (Å²) in [6.45, 7) is 8.76. The molecule has 0 saturated carbocycles. The van der Waals surface area contributed by atoms with Gasteiger partial charge in [-0.25, -0.2) is 0 Å². The Balaban J connectivity index is 2.49. The summed E-state index contributed by atoms with van der Waals surface area (Å²) < 4.78 is 0. The van der Waals surface area contributed by atoms with Crippen molar-refractivity contribution in [2.24, 2.45) is 10.7 Å². The van der Waals surface area contributed by atoms with Crippen molar-refractivity contribution in [2.45, 2.75) is 19.9 Å². The van der Waals surface area contributed by atoms with Gasteiger partial charge in [-0.05, 0) is 13.8 Å². The molecule has 0 amide bonds. The quantitative estimate of drug-likeness (QED) is 0.690. The fourth-order valence-electron chi connectivity index (χ4n) is 1.86. The summed E-state index contributed by atoms with van der Waals surface area (Å²) in [4.78, 5) is 8.77. The first-order valence-corrected chi connectivity index (χ1v) is 5.52. The Hall–Kier alpha value is -1.03. The number of aliphatic imine (C=N–C) groups is 1. The molecule has 0 aromatic rings. The van der Waals surface area contributed by atoms with Crippen molar-refractivity contribution in [3.63, 3.8) is 0 Å². The lowest BCUT2D eigenvalue weighted by Gasteiger charge is -2.38. The summed E-state index contributed by atoms with van der Waals surface area (Å²) >= 11 is 0. The van der Waals surface area contributed by atoms with E-state index in [9.17, 15) is 0 Å². The van der Waals surface area contributed by atoms with Crippen LogP contribution in [0.4, 0.5) is 0 Å². The van der Waals surface area contributed by atoms with Crippen LogP contribution in [0.25, 0.3) is 0 Å². The highest BCUT2D eigenvalue weighted by Crippen LogP contribution is 2.09. The Kier molecular flexibility index (Phi) is 4.62. The molecule has 0 unspecified atom stereocenters. The van der Waals surface area contributed by atoms with Crippen molar-refractivity contribution < 1.29 is 0 Å². The van der Waals surface area contributed by atoms with Crippen LogP contribution in [-0.4, -0.2) is 55.3 Å². The van der Waals surface area contributed by atoms with Gasteiger partial charge in [0.25, 0.3) is 0 Å². The summed E-state index contributed by atoms with van der Waals surface area (Å²) in [6, 6.07) is 0.636. The monoisotopic (exact) mass is 210 g/mol. The third-order valence-corrected chi connectivity index (χ3v) is 2.84. The van der Waals surface area contributed by atoms with Crippen molar-refractivity contribution in [1.82, 2.24) is 9.80 Å². The number of hydrogen-bond donors (Lipinski definition) is 1. The molecule has 1 rings (SSSR count). The molecule has 1 aliphatic rings. The average molecular weight is 210 g/mol. The Morgan fingerprint density at radius 2 is 1.87 bits per heavy atom. The largest absolute Gasteiger partial charge is 0.403 e. The van der Waals surface area contributed by atoms with Crippen molar-refractivity contribution >= 4 is 6.21 Å². The first kappa shape index (κ1) is 12.0. The van der Waals surface area contributed by atoms with Gasteiger partial charge in [0.1, 0.15) is 0 Å². The van der Waals surface area contributed by atoms with Crippen LogP contribution in [0.2, 0.25) is 0 Å². The van der Waals surface area contributed by atoms with Gasteiger partial charge in [-0.3, -0.25) is 9.89 Å². The third-order valence-electron chi connectivity index (χ3n) is 2.84. The zero-order chi connectivity index (χ0) is 11.3. The topological polar surface area (TPSA) is 44.9 Å². The van der Waals surface area contributed by atoms with Crippen LogP contribution in [0, 0.1) is 0 Å². The van der Waals surface area contributed by atoms with E-state index < -0.39 is 0 Å². The third kappa shape index (κ3) is 3.23. The van der Waals surface area contributed by atoms with Gasteiger partial charge in [0, 0.05) is 51.7 Å². The molecule has 0 bridgehead atoms. The minimum atomic E-state index is 0.636. The highest BCUT2D eigenvalue weighted by molar-refractivity contribution is 5.77. The van der Waals surface area contributed by atoms with Gasteiger partial charge in [0.05, 0.1) is 5.70 Å². The van der Waals surface area contributed by atoms with Gasteiger partial charge >= 0.3 is 0 Å². The lowest BCUT2D eigenvalue weighted by Crippen LogP contribution is -2.48. The molecule has 0 atom stereocenters.